The maximum Gasteiger partial charge on any atom is 0.408 e. The summed E-state index contributed by atoms with van der Waals surface area (Å²) in [6, 6.07) is 2.06. The molecule has 18 heteroatoms. The van der Waals surface area contributed by atoms with Crippen molar-refractivity contribution in [3.8, 4) is 0 Å². The van der Waals surface area contributed by atoms with Crippen molar-refractivity contribution in [1.29, 1.82) is 0 Å². The molecule has 3 N–H and O–H groups in total. The molecule has 0 saturated carbocycles. The number of alkyl carbamates (subject to hydrolysis) is 2. The fraction of sp³-hybridized carbons (Fsp3) is 0.644. The third-order valence-corrected chi connectivity index (χ3v) is 12.6. The molecule has 0 aromatic carbocycles. The first-order chi connectivity index (χ1) is 29.8. The number of aliphatic hydroxyl groups is 1. The highest BCUT2D eigenvalue weighted by Crippen LogP contribution is 2.42. The Balaban J connectivity index is 1.63. The molecule has 14 atom stereocenters. The van der Waals surface area contributed by atoms with Gasteiger partial charge < -0.3 is 49.1 Å². The van der Waals surface area contributed by atoms with Crippen LogP contribution in [-0.4, -0.2) is 136 Å². The smallest absolute Gasteiger partial charge is 0.408 e. The minimum atomic E-state index is -1.76. The van der Waals surface area contributed by atoms with Crippen molar-refractivity contribution >= 4 is 36.0 Å². The van der Waals surface area contributed by atoms with E-state index in [1.54, 1.807) is 91.3 Å². The maximum absolute atomic E-state index is 14.6. The number of carbonyl (C=O) groups is 5. The number of hydrogen-bond donors (Lipinski definition) is 3. The highest BCUT2D eigenvalue weighted by molar-refractivity contribution is 5.85. The fourth-order valence-corrected chi connectivity index (χ4v) is 9.28. The number of aromatic nitrogens is 3. The minimum Gasteiger partial charge on any atom is -0.461 e. The summed E-state index contributed by atoms with van der Waals surface area (Å²) < 4.78 is 37.8. The third kappa shape index (κ3) is 11.8. The Morgan fingerprint density at radius 3 is 2.41 bits per heavy atom. The van der Waals surface area contributed by atoms with Gasteiger partial charge in [-0.1, -0.05) is 45.9 Å². The fourth-order valence-electron chi connectivity index (χ4n) is 9.28. The Morgan fingerprint density at radius 2 is 1.76 bits per heavy atom. The number of amides is 2. The van der Waals surface area contributed by atoms with E-state index in [4.69, 9.17) is 28.4 Å². The number of likely N-dealkylation sites (N-methyl/N-ethyl adjacent to an activating group) is 1. The van der Waals surface area contributed by atoms with Crippen molar-refractivity contribution in [2.45, 2.75) is 141 Å². The van der Waals surface area contributed by atoms with Gasteiger partial charge in [-0.3, -0.25) is 19.4 Å². The summed E-state index contributed by atoms with van der Waals surface area (Å²) in [7, 11) is 3.66. The van der Waals surface area contributed by atoms with Gasteiger partial charge >= 0.3 is 24.1 Å². The third-order valence-electron chi connectivity index (χ3n) is 12.6. The van der Waals surface area contributed by atoms with Gasteiger partial charge in [0.1, 0.15) is 42.1 Å². The number of ether oxygens (including phenoxy) is 6. The molecule has 0 radical (unpaired) electrons. The summed E-state index contributed by atoms with van der Waals surface area (Å²) in [4.78, 5) is 83.9. The predicted octanol–water partition coefficient (Wildman–Crippen LogP) is 4.04. The van der Waals surface area contributed by atoms with E-state index in [0.717, 1.165) is 0 Å². The molecule has 3 aliphatic heterocycles. The average Bonchev–Trinajstić information content (AvgIpc) is 3.56. The number of aliphatic hydroxyl groups excluding tert-OH is 1. The lowest BCUT2D eigenvalue weighted by Gasteiger charge is -2.48. The van der Waals surface area contributed by atoms with E-state index < -0.39 is 102 Å². The van der Waals surface area contributed by atoms with Crippen LogP contribution in [0.5, 0.6) is 0 Å². The molecule has 3 saturated heterocycles. The SMILES string of the molecule is CC[C@H]1OC(=O)[C@H](C)[C@@H](OC(=O)Cc2cccnc2)[C@H](C)[C@@H](O[C@@H]2O[C@H](C)C[C@H](N(C)C)[C@H]2O)[C@](C)(OC(=O)NCC=Cc2cncnc2)C[C@@H](C)C(=O)[C@H](C)[C@H]2NC(=O)O[C@@]21C. The standard InChI is InChI=1S/C45H64N6O12/c1-11-33-45(8)38(50-43(57)63-45)27(4)35(53)25(2)20-44(7,62-42(56)49-17-13-15-31-22-47-24-48-23-31)39(61-41-36(54)32(51(9)10)18-26(3)58-41)28(5)37(29(6)40(55)59-33)60-34(52)19-30-14-12-16-46-21-30/h12-16,21-29,32-33,36-39,41,54H,11,17-20H2,1-10H3,(H,49,56)(H,50,57)/t25-,26-,27+,28+,29-,32+,33-,36-,37+,38-,39-,41+,44-,45-/m1/s1. The molecular formula is C45H64N6O12. The number of hydrogen-bond acceptors (Lipinski definition) is 16. The van der Waals surface area contributed by atoms with E-state index in [1.807, 2.05) is 25.9 Å². The van der Waals surface area contributed by atoms with Crippen molar-refractivity contribution in [3.63, 3.8) is 0 Å². The van der Waals surface area contributed by atoms with Crippen LogP contribution >= 0.6 is 0 Å². The van der Waals surface area contributed by atoms with E-state index in [1.165, 1.54) is 12.5 Å². The van der Waals surface area contributed by atoms with Crippen LogP contribution in [0.4, 0.5) is 9.59 Å². The van der Waals surface area contributed by atoms with Gasteiger partial charge in [0.2, 0.25) is 0 Å². The maximum atomic E-state index is 14.6. The van der Waals surface area contributed by atoms with Gasteiger partial charge in [-0.2, -0.15) is 0 Å². The van der Waals surface area contributed by atoms with Crippen LogP contribution in [-0.2, 0) is 49.2 Å². The first-order valence-corrected chi connectivity index (χ1v) is 21.6. The Labute approximate surface area is 369 Å². The largest absolute Gasteiger partial charge is 0.461 e. The first kappa shape index (κ1) is 49.0. The van der Waals surface area contributed by atoms with Gasteiger partial charge in [-0.25, -0.2) is 19.6 Å². The van der Waals surface area contributed by atoms with Crippen molar-refractivity contribution < 1.29 is 57.5 Å². The van der Waals surface area contributed by atoms with Gasteiger partial charge in [-0.05, 0) is 72.7 Å². The summed E-state index contributed by atoms with van der Waals surface area (Å²) in [6.45, 7) is 13.4. The normalized spacial score (nSPS) is 35.5. The molecule has 2 amide bonds. The van der Waals surface area contributed by atoms with Crippen molar-refractivity contribution in [2.24, 2.45) is 23.7 Å². The predicted molar refractivity (Wildman–Crippen MR) is 227 cm³/mol. The average molecular weight is 881 g/mol. The summed E-state index contributed by atoms with van der Waals surface area (Å²) in [6.07, 6.45) is 3.23. The molecule has 346 valence electrons. The summed E-state index contributed by atoms with van der Waals surface area (Å²) in [5, 5.41) is 17.3. The molecule has 0 spiro atoms. The zero-order valence-corrected chi connectivity index (χ0v) is 37.9. The van der Waals surface area contributed by atoms with E-state index in [0.29, 0.717) is 17.5 Å². The summed E-state index contributed by atoms with van der Waals surface area (Å²) >= 11 is 0. The number of cyclic esters (lactones) is 1. The molecule has 2 aromatic heterocycles. The van der Waals surface area contributed by atoms with Crippen LogP contribution in [0.1, 0.15) is 85.8 Å². The lowest BCUT2D eigenvalue weighted by molar-refractivity contribution is -0.298. The number of nitrogens with zero attached hydrogens (tertiary/aromatic N) is 4. The van der Waals surface area contributed by atoms with Crippen LogP contribution in [0.2, 0.25) is 0 Å². The molecule has 2 aromatic rings. The van der Waals surface area contributed by atoms with Gasteiger partial charge in [0.05, 0.1) is 24.5 Å². The molecular weight excluding hydrogens is 817 g/mol. The first-order valence-electron chi connectivity index (χ1n) is 21.6. The van der Waals surface area contributed by atoms with E-state index >= 15 is 0 Å². The van der Waals surface area contributed by atoms with E-state index in [9.17, 15) is 29.1 Å². The number of Topliss-reactive ketones (excluding diaryl/α,β-unsaturated/α-hetero) is 1. The summed E-state index contributed by atoms with van der Waals surface area (Å²) in [5.74, 6) is -5.76. The van der Waals surface area contributed by atoms with Crippen LogP contribution in [0.15, 0.2) is 49.3 Å². The Kier molecular flexibility index (Phi) is 16.4. The van der Waals surface area contributed by atoms with Crippen molar-refractivity contribution in [2.75, 3.05) is 20.6 Å². The van der Waals surface area contributed by atoms with E-state index in [-0.39, 0.29) is 37.7 Å². The number of ketones is 1. The van der Waals surface area contributed by atoms with Crippen molar-refractivity contribution in [1.82, 2.24) is 30.5 Å². The number of carbonyl (C=O) groups excluding carboxylic acids is 5. The zero-order chi connectivity index (χ0) is 46.2. The Bertz CT molecular complexity index is 1920. The van der Waals surface area contributed by atoms with Gasteiger partial charge in [0, 0.05) is 60.7 Å². The van der Waals surface area contributed by atoms with Gasteiger partial charge in [-0.15, -0.1) is 0 Å². The lowest BCUT2D eigenvalue weighted by Crippen LogP contribution is -2.61. The van der Waals surface area contributed by atoms with Crippen molar-refractivity contribution in [3.05, 3.63) is 60.5 Å². The topological polar surface area (TPSA) is 227 Å². The van der Waals surface area contributed by atoms with Crippen LogP contribution in [0.3, 0.4) is 0 Å². The molecule has 18 nitrogen and oxygen atoms in total. The quantitative estimate of drug-likeness (QED) is 0.214. The number of nitrogens with one attached hydrogen (secondary N) is 2. The summed E-state index contributed by atoms with van der Waals surface area (Å²) in [5.41, 5.74) is -1.98. The van der Waals surface area contributed by atoms with Crippen LogP contribution < -0.4 is 10.6 Å². The van der Waals surface area contributed by atoms with Gasteiger partial charge in [0.25, 0.3) is 0 Å². The molecule has 0 unspecified atom stereocenters. The molecule has 5 heterocycles. The highest BCUT2D eigenvalue weighted by Gasteiger charge is 2.58. The second kappa shape index (κ2) is 21.1. The number of esters is 2. The molecule has 5 rings (SSSR count). The Hall–Kier alpha value is -5.04. The minimum absolute atomic E-state index is 0.0267. The number of fused-ring (bicyclic) bond motifs is 1. The molecule has 0 aliphatic carbocycles. The zero-order valence-electron chi connectivity index (χ0n) is 37.9. The molecule has 3 fully saturated rings. The lowest BCUT2D eigenvalue weighted by atomic mass is 9.73. The second-order valence-electron chi connectivity index (χ2n) is 17.8. The number of pyridine rings is 1. The second-order valence-corrected chi connectivity index (χ2v) is 17.8. The monoisotopic (exact) mass is 880 g/mol. The Morgan fingerprint density at radius 1 is 1.05 bits per heavy atom. The van der Waals surface area contributed by atoms with E-state index in [2.05, 4.69) is 25.6 Å². The molecule has 63 heavy (non-hydrogen) atoms. The highest BCUT2D eigenvalue weighted by atomic mass is 16.7. The number of rotatable bonds is 11. The van der Waals surface area contributed by atoms with Gasteiger partial charge in [0.15, 0.2) is 11.9 Å². The van der Waals surface area contributed by atoms with Crippen LogP contribution in [0, 0.1) is 23.7 Å². The molecule has 0 bridgehead atoms. The van der Waals surface area contributed by atoms with Crippen LogP contribution in [0.25, 0.3) is 6.08 Å². The molecule has 3 aliphatic rings.